The second-order valence-corrected chi connectivity index (χ2v) is 7.69. The molecule has 0 bridgehead atoms. The van der Waals surface area contributed by atoms with Crippen LogP contribution in [0.4, 0.5) is 0 Å². The number of nitrogen functional groups attached to an aromatic ring is 1. The van der Waals surface area contributed by atoms with Crippen LogP contribution < -0.4 is 16.2 Å². The number of benzene rings is 2. The monoisotopic (exact) mass is 459 g/mol. The van der Waals surface area contributed by atoms with E-state index in [9.17, 15) is 4.79 Å². The lowest BCUT2D eigenvalue weighted by atomic mass is 9.89. The zero-order chi connectivity index (χ0) is 24.1. The number of hydrogen-bond acceptors (Lipinski definition) is 7. The van der Waals surface area contributed by atoms with E-state index in [4.69, 9.17) is 20.6 Å². The topological polar surface area (TPSA) is 145 Å². The van der Waals surface area contributed by atoms with Gasteiger partial charge < -0.3 is 15.2 Å². The molecule has 0 spiro atoms. The minimum Gasteiger partial charge on any atom is -0.497 e. The molecule has 2 heterocycles. The van der Waals surface area contributed by atoms with Gasteiger partial charge in [0.2, 0.25) is 0 Å². The van der Waals surface area contributed by atoms with Gasteiger partial charge in [0, 0.05) is 31.0 Å². The standard InChI is InChI=1S/C24H25N7O3/c1-33-14-16-10-18(13-19(11-16)34-2)20(12-15-4-6-17(7-5-15)21(25)26)22-29-24(32)31(30-22)23-27-8-3-9-28-23/h3-11,13,20H,12,14H2,1-2H3,(H3,25,26)(H,29,30,32). The van der Waals surface area contributed by atoms with E-state index in [2.05, 4.69) is 20.1 Å². The van der Waals surface area contributed by atoms with Crippen molar-refractivity contribution < 1.29 is 9.47 Å². The quantitative estimate of drug-likeness (QED) is 0.257. The van der Waals surface area contributed by atoms with E-state index in [0.29, 0.717) is 30.2 Å². The summed E-state index contributed by atoms with van der Waals surface area (Å²) in [5.74, 6) is 1.02. The van der Waals surface area contributed by atoms with Crippen molar-refractivity contribution in [3.8, 4) is 11.7 Å². The Kier molecular flexibility index (Phi) is 6.79. The van der Waals surface area contributed by atoms with Gasteiger partial charge in [0.25, 0.3) is 5.95 Å². The second-order valence-electron chi connectivity index (χ2n) is 7.69. The molecule has 34 heavy (non-hydrogen) atoms. The predicted octanol–water partition coefficient (Wildman–Crippen LogP) is 2.16. The van der Waals surface area contributed by atoms with E-state index >= 15 is 0 Å². The summed E-state index contributed by atoms with van der Waals surface area (Å²) in [4.78, 5) is 23.9. The van der Waals surface area contributed by atoms with Gasteiger partial charge >= 0.3 is 5.69 Å². The molecule has 4 rings (SSSR count). The van der Waals surface area contributed by atoms with E-state index in [1.807, 2.05) is 30.3 Å². The zero-order valence-electron chi connectivity index (χ0n) is 18.9. The fourth-order valence-corrected chi connectivity index (χ4v) is 3.72. The van der Waals surface area contributed by atoms with Gasteiger partial charge in [-0.3, -0.25) is 10.4 Å². The molecule has 0 aliphatic heterocycles. The van der Waals surface area contributed by atoms with Crippen molar-refractivity contribution >= 4 is 5.84 Å². The van der Waals surface area contributed by atoms with Crippen LogP contribution in [0, 0.1) is 5.41 Å². The maximum atomic E-state index is 12.7. The Morgan fingerprint density at radius 2 is 1.85 bits per heavy atom. The molecule has 4 N–H and O–H groups in total. The molecule has 0 aliphatic rings. The molecule has 0 fully saturated rings. The van der Waals surface area contributed by atoms with Gasteiger partial charge in [0.15, 0.2) is 0 Å². The lowest BCUT2D eigenvalue weighted by Gasteiger charge is -2.18. The molecule has 0 amide bonds. The molecular weight excluding hydrogens is 434 g/mol. The third-order valence-electron chi connectivity index (χ3n) is 5.35. The number of nitrogens with zero attached hydrogens (tertiary/aromatic N) is 4. The molecule has 2 aromatic heterocycles. The smallest absolute Gasteiger partial charge is 0.350 e. The number of nitrogens with two attached hydrogens (primary N) is 1. The molecule has 174 valence electrons. The molecule has 1 unspecified atom stereocenters. The molecule has 0 radical (unpaired) electrons. The van der Waals surface area contributed by atoms with Crippen LogP contribution >= 0.6 is 0 Å². The minimum absolute atomic E-state index is 0.00559. The van der Waals surface area contributed by atoms with Crippen LogP contribution in [0.15, 0.2) is 65.7 Å². The summed E-state index contributed by atoms with van der Waals surface area (Å²) in [5, 5.41) is 12.1. The van der Waals surface area contributed by atoms with Crippen LogP contribution in [-0.4, -0.2) is 44.8 Å². The zero-order valence-corrected chi connectivity index (χ0v) is 18.9. The highest BCUT2D eigenvalue weighted by atomic mass is 16.5. The third kappa shape index (κ3) is 5.02. The molecule has 4 aromatic rings. The maximum Gasteiger partial charge on any atom is 0.350 e. The summed E-state index contributed by atoms with van der Waals surface area (Å²) >= 11 is 0. The van der Waals surface area contributed by atoms with Gasteiger partial charge in [-0.05, 0) is 41.3 Å². The summed E-state index contributed by atoms with van der Waals surface area (Å²) in [7, 11) is 3.24. The second kappa shape index (κ2) is 10.1. The molecule has 2 aromatic carbocycles. The molecule has 0 saturated carbocycles. The number of ether oxygens (including phenoxy) is 2. The Labute approximate surface area is 195 Å². The molecule has 10 nitrogen and oxygen atoms in total. The summed E-state index contributed by atoms with van der Waals surface area (Å²) in [5.41, 5.74) is 8.62. The van der Waals surface area contributed by atoms with Crippen LogP contribution in [0.3, 0.4) is 0 Å². The predicted molar refractivity (Wildman–Crippen MR) is 126 cm³/mol. The van der Waals surface area contributed by atoms with Crippen molar-refractivity contribution in [2.24, 2.45) is 5.73 Å². The summed E-state index contributed by atoms with van der Waals surface area (Å²) in [6, 6.07) is 14.9. The number of hydrogen-bond donors (Lipinski definition) is 3. The highest BCUT2D eigenvalue weighted by molar-refractivity contribution is 5.94. The van der Waals surface area contributed by atoms with Crippen LogP contribution in [-0.2, 0) is 17.8 Å². The Hall–Kier alpha value is -4.31. The summed E-state index contributed by atoms with van der Waals surface area (Å²) in [6.07, 6.45) is 3.63. The number of nitrogens with one attached hydrogen (secondary N) is 2. The Bertz CT molecular complexity index is 1330. The molecule has 0 saturated heterocycles. The fraction of sp³-hybridized carbons (Fsp3) is 0.208. The number of methoxy groups -OCH3 is 2. The molecule has 0 aliphatic carbocycles. The Morgan fingerprint density at radius 1 is 1.12 bits per heavy atom. The van der Waals surface area contributed by atoms with E-state index in [-0.39, 0.29) is 17.7 Å². The van der Waals surface area contributed by atoms with Crippen LogP contribution in [0.2, 0.25) is 0 Å². The van der Waals surface area contributed by atoms with E-state index in [1.54, 1.807) is 44.8 Å². The normalized spacial score (nSPS) is 11.8. The third-order valence-corrected chi connectivity index (χ3v) is 5.35. The SMILES string of the molecule is COCc1cc(OC)cc(C(Cc2ccc(C(=N)N)cc2)c2nn(-c3ncccn3)c(=O)[nH]2)c1. The van der Waals surface area contributed by atoms with Crippen molar-refractivity contribution in [2.75, 3.05) is 14.2 Å². The van der Waals surface area contributed by atoms with Crippen LogP contribution in [0.1, 0.15) is 34.0 Å². The Balaban J connectivity index is 1.80. The van der Waals surface area contributed by atoms with Gasteiger partial charge in [-0.25, -0.2) is 14.8 Å². The summed E-state index contributed by atoms with van der Waals surface area (Å²) < 4.78 is 12.0. The number of aromatic nitrogens is 5. The first-order chi connectivity index (χ1) is 16.5. The first-order valence-electron chi connectivity index (χ1n) is 10.5. The number of aromatic amines is 1. The molecule has 1 atom stereocenters. The van der Waals surface area contributed by atoms with Gasteiger partial charge in [0.1, 0.15) is 17.4 Å². The minimum atomic E-state index is -0.432. The molecular formula is C24H25N7O3. The first-order valence-corrected chi connectivity index (χ1v) is 10.5. The summed E-state index contributed by atoms with van der Waals surface area (Å²) in [6.45, 7) is 0.410. The van der Waals surface area contributed by atoms with E-state index < -0.39 is 5.69 Å². The lowest BCUT2D eigenvalue weighted by Crippen LogP contribution is -2.18. The number of rotatable bonds is 9. The van der Waals surface area contributed by atoms with Crippen LogP contribution in [0.25, 0.3) is 5.95 Å². The van der Waals surface area contributed by atoms with Gasteiger partial charge in [-0.2, -0.15) is 0 Å². The average Bonchev–Trinajstić information content (AvgIpc) is 3.24. The van der Waals surface area contributed by atoms with Crippen LogP contribution in [0.5, 0.6) is 5.75 Å². The highest BCUT2D eigenvalue weighted by Gasteiger charge is 2.23. The van der Waals surface area contributed by atoms with Crippen molar-refractivity contribution in [1.82, 2.24) is 24.7 Å². The lowest BCUT2D eigenvalue weighted by molar-refractivity contribution is 0.184. The average molecular weight is 460 g/mol. The van der Waals surface area contributed by atoms with Gasteiger partial charge in [-0.15, -0.1) is 9.78 Å². The van der Waals surface area contributed by atoms with Gasteiger partial charge in [0.05, 0.1) is 13.7 Å². The number of H-pyrrole nitrogens is 1. The van der Waals surface area contributed by atoms with E-state index in [1.165, 1.54) is 0 Å². The van der Waals surface area contributed by atoms with Crippen molar-refractivity contribution in [1.29, 1.82) is 5.41 Å². The number of amidine groups is 1. The first kappa shape index (κ1) is 22.9. The largest absolute Gasteiger partial charge is 0.497 e. The van der Waals surface area contributed by atoms with E-state index in [0.717, 1.165) is 21.4 Å². The maximum absolute atomic E-state index is 12.7. The Morgan fingerprint density at radius 3 is 2.50 bits per heavy atom. The fourth-order valence-electron chi connectivity index (χ4n) is 3.72. The van der Waals surface area contributed by atoms with Crippen molar-refractivity contribution in [3.63, 3.8) is 0 Å². The molecule has 10 heteroatoms. The highest BCUT2D eigenvalue weighted by Crippen LogP contribution is 2.30. The van der Waals surface area contributed by atoms with Crippen molar-refractivity contribution in [2.45, 2.75) is 18.9 Å². The van der Waals surface area contributed by atoms with Gasteiger partial charge in [-0.1, -0.05) is 30.3 Å². The van der Waals surface area contributed by atoms with Crippen molar-refractivity contribution in [3.05, 3.63) is 99.5 Å².